The highest BCUT2D eigenvalue weighted by molar-refractivity contribution is 5.77. The third-order valence-corrected chi connectivity index (χ3v) is 3.46. The van der Waals surface area contributed by atoms with Crippen LogP contribution in [-0.2, 0) is 9.53 Å². The largest absolute Gasteiger partial charge is 0.479 e. The monoisotopic (exact) mass is 214 g/mol. The molecule has 1 aliphatic rings. The zero-order valence-corrected chi connectivity index (χ0v) is 9.79. The third kappa shape index (κ3) is 2.94. The molecular formula is C12H22O3. The maximum atomic E-state index is 11.3. The Labute approximate surface area is 91.8 Å². The van der Waals surface area contributed by atoms with Gasteiger partial charge in [0, 0.05) is 6.61 Å². The van der Waals surface area contributed by atoms with E-state index in [1.165, 1.54) is 0 Å². The van der Waals surface area contributed by atoms with Crippen LogP contribution in [0.3, 0.4) is 0 Å². The Kier molecular flexibility index (Phi) is 4.58. The van der Waals surface area contributed by atoms with Crippen LogP contribution >= 0.6 is 0 Å². The van der Waals surface area contributed by atoms with E-state index in [4.69, 9.17) is 4.74 Å². The zero-order chi connectivity index (χ0) is 11.3. The van der Waals surface area contributed by atoms with Crippen LogP contribution in [0.15, 0.2) is 0 Å². The van der Waals surface area contributed by atoms with Crippen molar-refractivity contribution >= 4 is 5.97 Å². The first-order valence-electron chi connectivity index (χ1n) is 6.02. The van der Waals surface area contributed by atoms with E-state index in [1.54, 1.807) is 0 Å². The van der Waals surface area contributed by atoms with Gasteiger partial charge in [-0.1, -0.05) is 20.3 Å². The molecular weight excluding hydrogens is 192 g/mol. The lowest BCUT2D eigenvalue weighted by molar-refractivity contribution is -0.172. The van der Waals surface area contributed by atoms with Crippen molar-refractivity contribution in [1.82, 2.24) is 0 Å². The van der Waals surface area contributed by atoms with Gasteiger partial charge in [-0.3, -0.25) is 0 Å². The van der Waals surface area contributed by atoms with Gasteiger partial charge in [0.25, 0.3) is 0 Å². The predicted octanol–water partition coefficient (Wildman–Crippen LogP) is 2.84. The van der Waals surface area contributed by atoms with Crippen molar-refractivity contribution in [1.29, 1.82) is 0 Å². The maximum Gasteiger partial charge on any atom is 0.335 e. The van der Waals surface area contributed by atoms with Crippen LogP contribution in [0.2, 0.25) is 0 Å². The van der Waals surface area contributed by atoms with Gasteiger partial charge in [-0.15, -0.1) is 0 Å². The predicted molar refractivity (Wildman–Crippen MR) is 58.9 cm³/mol. The Balaban J connectivity index is 2.56. The Bertz CT molecular complexity index is 205. The second-order valence-electron chi connectivity index (χ2n) is 4.50. The molecule has 1 rings (SSSR count). The fraction of sp³-hybridized carbons (Fsp3) is 0.917. The minimum absolute atomic E-state index is 0.559. The van der Waals surface area contributed by atoms with E-state index < -0.39 is 11.6 Å². The summed E-state index contributed by atoms with van der Waals surface area (Å²) in [5, 5.41) is 9.25. The first-order chi connectivity index (χ1) is 7.14. The second kappa shape index (κ2) is 5.50. The Morgan fingerprint density at radius 2 is 2.00 bits per heavy atom. The molecule has 3 heteroatoms. The number of carboxylic acids is 1. The Morgan fingerprint density at radius 3 is 2.40 bits per heavy atom. The Morgan fingerprint density at radius 1 is 1.40 bits per heavy atom. The van der Waals surface area contributed by atoms with Gasteiger partial charge in [-0.05, 0) is 38.0 Å². The smallest absolute Gasteiger partial charge is 0.335 e. The SMILES string of the molecule is CCCOC1(C(=O)O)CCC(CC)CC1. The maximum absolute atomic E-state index is 11.3. The average molecular weight is 214 g/mol. The average Bonchev–Trinajstić information content (AvgIpc) is 2.27. The van der Waals surface area contributed by atoms with Crippen molar-refractivity contribution in [3.05, 3.63) is 0 Å². The number of carboxylic acid groups (broad SMARTS) is 1. The summed E-state index contributed by atoms with van der Waals surface area (Å²) >= 11 is 0. The number of hydrogen-bond donors (Lipinski definition) is 1. The van der Waals surface area contributed by atoms with Crippen molar-refractivity contribution in [2.24, 2.45) is 5.92 Å². The fourth-order valence-corrected chi connectivity index (χ4v) is 2.27. The van der Waals surface area contributed by atoms with Gasteiger partial charge in [0.05, 0.1) is 0 Å². The molecule has 1 saturated carbocycles. The van der Waals surface area contributed by atoms with Crippen LogP contribution in [0.25, 0.3) is 0 Å². The lowest BCUT2D eigenvalue weighted by Gasteiger charge is -2.36. The van der Waals surface area contributed by atoms with E-state index >= 15 is 0 Å². The molecule has 0 spiro atoms. The molecule has 0 radical (unpaired) electrons. The summed E-state index contributed by atoms with van der Waals surface area (Å²) in [5.74, 6) is -0.0757. The number of aliphatic carboxylic acids is 1. The number of carbonyl (C=O) groups is 1. The fourth-order valence-electron chi connectivity index (χ4n) is 2.27. The topological polar surface area (TPSA) is 46.5 Å². The van der Waals surface area contributed by atoms with Gasteiger partial charge in [0.15, 0.2) is 5.60 Å². The van der Waals surface area contributed by atoms with Crippen molar-refractivity contribution in [2.75, 3.05) is 6.61 Å². The molecule has 0 bridgehead atoms. The Hall–Kier alpha value is -0.570. The van der Waals surface area contributed by atoms with E-state index in [9.17, 15) is 9.90 Å². The zero-order valence-electron chi connectivity index (χ0n) is 9.79. The van der Waals surface area contributed by atoms with Gasteiger partial charge < -0.3 is 9.84 Å². The van der Waals surface area contributed by atoms with Gasteiger partial charge in [0.2, 0.25) is 0 Å². The molecule has 0 heterocycles. The van der Waals surface area contributed by atoms with Crippen LogP contribution in [0.5, 0.6) is 0 Å². The van der Waals surface area contributed by atoms with Gasteiger partial charge in [-0.25, -0.2) is 4.79 Å². The van der Waals surface area contributed by atoms with E-state index in [0.29, 0.717) is 25.4 Å². The van der Waals surface area contributed by atoms with Crippen LogP contribution in [0.4, 0.5) is 0 Å². The highest BCUT2D eigenvalue weighted by Crippen LogP contribution is 2.36. The molecule has 1 aliphatic carbocycles. The van der Waals surface area contributed by atoms with Gasteiger partial charge >= 0.3 is 5.97 Å². The summed E-state index contributed by atoms with van der Waals surface area (Å²) < 4.78 is 5.57. The third-order valence-electron chi connectivity index (χ3n) is 3.46. The first-order valence-corrected chi connectivity index (χ1v) is 6.02. The van der Waals surface area contributed by atoms with E-state index in [2.05, 4.69) is 6.92 Å². The molecule has 1 fully saturated rings. The minimum atomic E-state index is -0.873. The molecule has 0 atom stereocenters. The summed E-state index contributed by atoms with van der Waals surface area (Å²) in [6.45, 7) is 4.74. The molecule has 0 amide bonds. The summed E-state index contributed by atoms with van der Waals surface area (Å²) in [6, 6.07) is 0. The van der Waals surface area contributed by atoms with Crippen LogP contribution < -0.4 is 0 Å². The molecule has 0 aromatic carbocycles. The molecule has 0 aromatic rings. The van der Waals surface area contributed by atoms with Crippen LogP contribution in [0.1, 0.15) is 52.4 Å². The van der Waals surface area contributed by atoms with Crippen molar-refractivity contribution in [3.63, 3.8) is 0 Å². The molecule has 0 unspecified atom stereocenters. The van der Waals surface area contributed by atoms with Crippen LogP contribution in [0, 0.1) is 5.92 Å². The molecule has 0 saturated heterocycles. The number of ether oxygens (including phenoxy) is 1. The van der Waals surface area contributed by atoms with Gasteiger partial charge in [-0.2, -0.15) is 0 Å². The highest BCUT2D eigenvalue weighted by Gasteiger charge is 2.42. The summed E-state index contributed by atoms with van der Waals surface area (Å²) in [4.78, 5) is 11.3. The van der Waals surface area contributed by atoms with Crippen molar-refractivity contribution in [2.45, 2.75) is 58.0 Å². The number of rotatable bonds is 5. The summed E-state index contributed by atoms with van der Waals surface area (Å²) in [5.41, 5.74) is -0.873. The van der Waals surface area contributed by atoms with Crippen LogP contribution in [-0.4, -0.2) is 23.3 Å². The second-order valence-corrected chi connectivity index (χ2v) is 4.50. The summed E-state index contributed by atoms with van der Waals surface area (Å²) in [6.07, 6.45) is 5.39. The normalized spacial score (nSPS) is 31.5. The minimum Gasteiger partial charge on any atom is -0.479 e. The van der Waals surface area contributed by atoms with Crippen molar-refractivity contribution in [3.8, 4) is 0 Å². The highest BCUT2D eigenvalue weighted by atomic mass is 16.5. The lowest BCUT2D eigenvalue weighted by Crippen LogP contribution is -2.45. The quantitative estimate of drug-likeness (QED) is 0.765. The number of hydrogen-bond acceptors (Lipinski definition) is 2. The molecule has 1 N–H and O–H groups in total. The van der Waals surface area contributed by atoms with Crippen molar-refractivity contribution < 1.29 is 14.6 Å². The first kappa shape index (κ1) is 12.5. The molecule has 0 aromatic heterocycles. The van der Waals surface area contributed by atoms with E-state index in [1.807, 2.05) is 6.92 Å². The molecule has 3 nitrogen and oxygen atoms in total. The van der Waals surface area contributed by atoms with Gasteiger partial charge in [0.1, 0.15) is 0 Å². The summed E-state index contributed by atoms with van der Waals surface area (Å²) in [7, 11) is 0. The lowest BCUT2D eigenvalue weighted by atomic mass is 9.77. The van der Waals surface area contributed by atoms with E-state index in [-0.39, 0.29) is 0 Å². The standard InChI is InChI=1S/C12H22O3/c1-3-9-15-12(11(13)14)7-5-10(4-2)6-8-12/h10H,3-9H2,1-2H3,(H,13,14). The molecule has 88 valence electrons. The van der Waals surface area contributed by atoms with E-state index in [0.717, 1.165) is 25.7 Å². The molecule has 15 heavy (non-hydrogen) atoms. The molecule has 0 aliphatic heterocycles.